The number of hydrogen-bond acceptors (Lipinski definition) is 6. The Bertz CT molecular complexity index is 294. The maximum absolute atomic E-state index is 11.6. The Morgan fingerprint density at radius 1 is 1.12 bits per heavy atom. The first-order valence-electron chi connectivity index (χ1n) is 4.68. The van der Waals surface area contributed by atoms with Crippen LogP contribution in [0, 0.1) is 0 Å². The molecule has 1 rings (SSSR count). The van der Waals surface area contributed by atoms with E-state index in [9.17, 15) is 9.59 Å². The number of thiocarbonyl (C=S) groups is 1. The summed E-state index contributed by atoms with van der Waals surface area (Å²) in [5.41, 5.74) is 5.42. The van der Waals surface area contributed by atoms with Crippen molar-refractivity contribution in [3.63, 3.8) is 0 Å². The number of carbonyl (C=O) groups is 2. The third-order valence-corrected chi connectivity index (χ3v) is 2.61. The van der Waals surface area contributed by atoms with E-state index in [1.807, 2.05) is 0 Å². The van der Waals surface area contributed by atoms with Crippen LogP contribution in [0.3, 0.4) is 0 Å². The largest absolute Gasteiger partial charge is 0.395 e. The quantitative estimate of drug-likeness (QED) is 0.367. The van der Waals surface area contributed by atoms with E-state index < -0.39 is 17.9 Å². The fraction of sp³-hybridized carbons (Fsp3) is 0.625. The molecule has 0 atom stereocenters. The van der Waals surface area contributed by atoms with Gasteiger partial charge in [-0.25, -0.2) is 0 Å². The lowest BCUT2D eigenvalue weighted by molar-refractivity contribution is -0.143. The summed E-state index contributed by atoms with van der Waals surface area (Å²) in [6, 6.07) is -1.32. The van der Waals surface area contributed by atoms with Gasteiger partial charge >= 0.3 is 0 Å². The van der Waals surface area contributed by atoms with Gasteiger partial charge in [0.2, 0.25) is 0 Å². The van der Waals surface area contributed by atoms with Crippen molar-refractivity contribution in [3.05, 3.63) is 0 Å². The average Bonchev–Trinajstić information content (AvgIpc) is 2.28. The first-order chi connectivity index (χ1) is 7.54. The molecule has 8 heteroatoms. The molecule has 2 amide bonds. The highest BCUT2D eigenvalue weighted by Gasteiger charge is 2.40. The molecule has 0 radical (unpaired) electrons. The average molecular weight is 247 g/mol. The van der Waals surface area contributed by atoms with Gasteiger partial charge < -0.3 is 15.9 Å². The van der Waals surface area contributed by atoms with E-state index in [-0.39, 0.29) is 31.4 Å². The number of nitrogens with two attached hydrogens (primary N) is 1. The first-order valence-corrected chi connectivity index (χ1v) is 5.09. The lowest BCUT2D eigenvalue weighted by Crippen LogP contribution is -2.65. The van der Waals surface area contributed by atoms with Gasteiger partial charge in [0.1, 0.15) is 0 Å². The molecule has 0 bridgehead atoms. The molecule has 1 saturated heterocycles. The topological polar surface area (TPSA) is 107 Å². The van der Waals surface area contributed by atoms with Crippen LogP contribution in [0.5, 0.6) is 0 Å². The zero-order chi connectivity index (χ0) is 12.3. The van der Waals surface area contributed by atoms with Crippen molar-refractivity contribution >= 4 is 29.1 Å². The van der Waals surface area contributed by atoms with Crippen molar-refractivity contribution in [2.45, 2.75) is 6.04 Å². The van der Waals surface area contributed by atoms with Gasteiger partial charge in [-0.2, -0.15) is 0 Å². The molecule has 1 aliphatic rings. The number of carbonyl (C=O) groups excluding carboxylic acids is 2. The summed E-state index contributed by atoms with van der Waals surface area (Å²) in [7, 11) is 0. The minimum absolute atomic E-state index is 0.0133. The van der Waals surface area contributed by atoms with Crippen LogP contribution in [0.1, 0.15) is 0 Å². The molecule has 1 heterocycles. The maximum Gasteiger partial charge on any atom is 0.255 e. The van der Waals surface area contributed by atoms with Gasteiger partial charge in [-0.15, -0.1) is 0 Å². The zero-order valence-electron chi connectivity index (χ0n) is 8.50. The zero-order valence-corrected chi connectivity index (χ0v) is 9.31. The summed E-state index contributed by atoms with van der Waals surface area (Å²) in [6.45, 7) is -0.583. The summed E-state index contributed by atoms with van der Waals surface area (Å²) in [5.74, 6) is -1.25. The standard InChI is InChI=1S/C8H13N3O4S/c9-5-6(14)10(1-3-12)8(16)11(2-4-13)7(5)15/h5,12-13H,1-4,9H2. The van der Waals surface area contributed by atoms with Crippen molar-refractivity contribution in [1.29, 1.82) is 0 Å². The van der Waals surface area contributed by atoms with Crippen LogP contribution in [0.25, 0.3) is 0 Å². The lowest BCUT2D eigenvalue weighted by Gasteiger charge is -2.37. The number of nitrogens with zero attached hydrogens (tertiary/aromatic N) is 2. The minimum atomic E-state index is -1.32. The molecule has 7 nitrogen and oxygen atoms in total. The van der Waals surface area contributed by atoms with E-state index >= 15 is 0 Å². The van der Waals surface area contributed by atoms with Crippen LogP contribution in [0.15, 0.2) is 0 Å². The van der Waals surface area contributed by atoms with Gasteiger partial charge in [0.15, 0.2) is 11.2 Å². The fourth-order valence-corrected chi connectivity index (χ4v) is 1.75. The highest BCUT2D eigenvalue weighted by molar-refractivity contribution is 7.80. The second-order valence-electron chi connectivity index (χ2n) is 3.19. The van der Waals surface area contributed by atoms with Crippen LogP contribution in [-0.2, 0) is 9.59 Å². The number of amides is 2. The molecule has 0 aromatic carbocycles. The number of β-amino-alcohol motifs (C(OH)–C–C–N with tert-alkyl or cyclic N) is 2. The van der Waals surface area contributed by atoms with Crippen LogP contribution < -0.4 is 5.73 Å². The van der Waals surface area contributed by atoms with Gasteiger partial charge in [-0.3, -0.25) is 19.4 Å². The normalized spacial score (nSPS) is 18.6. The summed E-state index contributed by atoms with van der Waals surface area (Å²) < 4.78 is 0. The Kier molecular flexibility index (Phi) is 4.30. The van der Waals surface area contributed by atoms with Crippen LogP contribution in [0.4, 0.5) is 0 Å². The van der Waals surface area contributed by atoms with E-state index in [1.165, 1.54) is 0 Å². The summed E-state index contributed by atoms with van der Waals surface area (Å²) in [6.07, 6.45) is 0. The molecule has 90 valence electrons. The Morgan fingerprint density at radius 3 is 1.81 bits per heavy atom. The smallest absolute Gasteiger partial charge is 0.255 e. The number of hydrogen-bond donors (Lipinski definition) is 3. The van der Waals surface area contributed by atoms with Crippen molar-refractivity contribution in [2.24, 2.45) is 5.73 Å². The monoisotopic (exact) mass is 247 g/mol. The molecule has 1 aliphatic heterocycles. The maximum atomic E-state index is 11.6. The number of rotatable bonds is 4. The van der Waals surface area contributed by atoms with Crippen molar-refractivity contribution in [1.82, 2.24) is 9.80 Å². The predicted molar refractivity (Wildman–Crippen MR) is 58.2 cm³/mol. The molecular formula is C8H13N3O4S. The number of aliphatic hydroxyl groups is 2. The molecule has 16 heavy (non-hydrogen) atoms. The minimum Gasteiger partial charge on any atom is -0.395 e. The van der Waals surface area contributed by atoms with E-state index in [0.29, 0.717) is 0 Å². The summed E-state index contributed by atoms with van der Waals surface area (Å²) in [5, 5.41) is 17.5. The van der Waals surface area contributed by atoms with Gasteiger partial charge in [0.05, 0.1) is 26.3 Å². The van der Waals surface area contributed by atoms with E-state index in [2.05, 4.69) is 0 Å². The van der Waals surface area contributed by atoms with E-state index in [4.69, 9.17) is 28.2 Å². The molecule has 4 N–H and O–H groups in total. The lowest BCUT2D eigenvalue weighted by atomic mass is 10.2. The first kappa shape index (κ1) is 13.0. The molecule has 0 spiro atoms. The molecule has 0 saturated carbocycles. The van der Waals surface area contributed by atoms with E-state index in [0.717, 1.165) is 9.80 Å². The molecule has 0 unspecified atom stereocenters. The highest BCUT2D eigenvalue weighted by Crippen LogP contribution is 2.11. The van der Waals surface area contributed by atoms with Crippen molar-refractivity contribution < 1.29 is 19.8 Å². The molecule has 0 aliphatic carbocycles. The second-order valence-corrected chi connectivity index (χ2v) is 3.55. The van der Waals surface area contributed by atoms with Gasteiger partial charge in [0, 0.05) is 0 Å². The van der Waals surface area contributed by atoms with E-state index in [1.54, 1.807) is 0 Å². The second kappa shape index (κ2) is 5.30. The highest BCUT2D eigenvalue weighted by atomic mass is 32.1. The van der Waals surface area contributed by atoms with Crippen molar-refractivity contribution in [2.75, 3.05) is 26.3 Å². The van der Waals surface area contributed by atoms with Crippen LogP contribution >= 0.6 is 12.2 Å². The van der Waals surface area contributed by atoms with Gasteiger partial charge in [-0.1, -0.05) is 0 Å². The SMILES string of the molecule is NC1C(=O)N(CCO)C(=S)N(CCO)C1=O. The summed E-state index contributed by atoms with van der Waals surface area (Å²) >= 11 is 4.92. The predicted octanol–water partition coefficient (Wildman–Crippen LogP) is -2.75. The Morgan fingerprint density at radius 2 is 1.50 bits per heavy atom. The molecule has 0 aromatic rings. The third kappa shape index (κ3) is 2.19. The van der Waals surface area contributed by atoms with Crippen molar-refractivity contribution in [3.8, 4) is 0 Å². The van der Waals surface area contributed by atoms with Crippen LogP contribution in [-0.4, -0.2) is 69.3 Å². The van der Waals surface area contributed by atoms with Gasteiger partial charge in [-0.05, 0) is 12.2 Å². The Labute approximate surface area is 97.4 Å². The Hall–Kier alpha value is -1.09. The summed E-state index contributed by atoms with van der Waals surface area (Å²) in [4.78, 5) is 25.3. The number of aliphatic hydroxyl groups excluding tert-OH is 2. The van der Waals surface area contributed by atoms with Crippen LogP contribution in [0.2, 0.25) is 0 Å². The van der Waals surface area contributed by atoms with Gasteiger partial charge in [0.25, 0.3) is 11.8 Å². The molecule has 1 fully saturated rings. The molecule has 0 aromatic heterocycles. The molecular weight excluding hydrogens is 234 g/mol. The third-order valence-electron chi connectivity index (χ3n) is 2.17. The fourth-order valence-electron chi connectivity index (χ4n) is 1.39. The Balaban J connectivity index is 2.93.